The van der Waals surface area contributed by atoms with Crippen molar-refractivity contribution >= 4 is 16.9 Å². The highest BCUT2D eigenvalue weighted by molar-refractivity contribution is 6.02. The Labute approximate surface area is 85.8 Å². The van der Waals surface area contributed by atoms with Gasteiger partial charge in [0.25, 0.3) is 0 Å². The summed E-state index contributed by atoms with van der Waals surface area (Å²) < 4.78 is 9.61. The van der Waals surface area contributed by atoms with Gasteiger partial charge in [-0.05, 0) is 11.6 Å². The van der Waals surface area contributed by atoms with Gasteiger partial charge < -0.3 is 15.0 Å². The molecule has 0 saturated carbocycles. The summed E-state index contributed by atoms with van der Waals surface area (Å²) >= 11 is 0. The summed E-state index contributed by atoms with van der Waals surface area (Å²) in [6.45, 7) is 0.322. The summed E-state index contributed by atoms with van der Waals surface area (Å²) in [7, 11) is 1.30. The van der Waals surface area contributed by atoms with E-state index < -0.39 is 5.97 Å². The largest absolute Gasteiger partial charge is 0.464 e. The number of methoxy groups -OCH3 is 1. The van der Waals surface area contributed by atoms with Crippen LogP contribution in [0.5, 0.6) is 0 Å². The highest BCUT2D eigenvalue weighted by Gasteiger charge is 2.18. The van der Waals surface area contributed by atoms with E-state index in [2.05, 4.69) is 9.89 Å². The van der Waals surface area contributed by atoms with E-state index in [1.807, 2.05) is 6.07 Å². The second-order valence-corrected chi connectivity index (χ2v) is 3.02. The molecule has 0 radical (unpaired) electrons. The fourth-order valence-electron chi connectivity index (χ4n) is 1.47. The van der Waals surface area contributed by atoms with E-state index in [1.165, 1.54) is 7.11 Å². The minimum Gasteiger partial charge on any atom is -0.464 e. The minimum absolute atomic E-state index is 0.175. The number of hydrogen-bond acceptors (Lipinski definition) is 5. The first kappa shape index (κ1) is 9.67. The van der Waals surface area contributed by atoms with Gasteiger partial charge in [0, 0.05) is 6.54 Å². The maximum atomic E-state index is 11.4. The number of ether oxygens (including phenoxy) is 1. The Kier molecular flexibility index (Phi) is 2.39. The maximum absolute atomic E-state index is 11.4. The molecule has 1 aromatic heterocycles. The van der Waals surface area contributed by atoms with Gasteiger partial charge >= 0.3 is 5.97 Å². The lowest BCUT2D eigenvalue weighted by atomic mass is 10.1. The van der Waals surface area contributed by atoms with E-state index in [0.29, 0.717) is 17.5 Å². The van der Waals surface area contributed by atoms with Crippen LogP contribution in [0.1, 0.15) is 16.1 Å². The van der Waals surface area contributed by atoms with Crippen molar-refractivity contribution in [1.29, 1.82) is 0 Å². The van der Waals surface area contributed by atoms with Crippen LogP contribution in [0, 0.1) is 0 Å². The van der Waals surface area contributed by atoms with Gasteiger partial charge in [-0.25, -0.2) is 4.79 Å². The molecule has 0 bridgehead atoms. The zero-order valence-electron chi connectivity index (χ0n) is 8.19. The highest BCUT2D eigenvalue weighted by Crippen LogP contribution is 2.22. The number of nitrogens with two attached hydrogens (primary N) is 1. The molecule has 0 atom stereocenters. The zero-order valence-corrected chi connectivity index (χ0v) is 8.19. The Hall–Kier alpha value is -1.88. The van der Waals surface area contributed by atoms with Gasteiger partial charge in [-0.1, -0.05) is 17.3 Å². The Bertz CT molecular complexity index is 504. The first-order valence-corrected chi connectivity index (χ1v) is 4.43. The molecule has 0 amide bonds. The monoisotopic (exact) mass is 206 g/mol. The number of carbonyl (C=O) groups is 1. The second kappa shape index (κ2) is 3.70. The number of nitrogens with zero attached hydrogens (tertiary/aromatic N) is 1. The van der Waals surface area contributed by atoms with Crippen molar-refractivity contribution in [3.63, 3.8) is 0 Å². The summed E-state index contributed by atoms with van der Waals surface area (Å²) in [5.74, 6) is -0.519. The molecule has 2 rings (SSSR count). The van der Waals surface area contributed by atoms with Crippen molar-refractivity contribution in [3.8, 4) is 0 Å². The number of hydrogen-bond donors (Lipinski definition) is 1. The van der Waals surface area contributed by atoms with Gasteiger partial charge in [-0.2, -0.15) is 0 Å². The highest BCUT2D eigenvalue weighted by atomic mass is 16.5. The fraction of sp³-hybridized carbons (Fsp3) is 0.200. The molecule has 2 aromatic rings. The number of carbonyl (C=O) groups excluding carboxylic acids is 1. The third-order valence-electron chi connectivity index (χ3n) is 2.18. The lowest BCUT2D eigenvalue weighted by Crippen LogP contribution is -2.04. The molecule has 2 N–H and O–H groups in total. The van der Waals surface area contributed by atoms with E-state index in [4.69, 9.17) is 10.3 Å². The molecule has 1 heterocycles. The Morgan fingerprint density at radius 3 is 3.07 bits per heavy atom. The lowest BCUT2D eigenvalue weighted by Gasteiger charge is -1.99. The quantitative estimate of drug-likeness (QED) is 0.743. The molecule has 15 heavy (non-hydrogen) atoms. The van der Waals surface area contributed by atoms with Crippen LogP contribution < -0.4 is 5.73 Å². The van der Waals surface area contributed by atoms with Crippen LogP contribution in [-0.4, -0.2) is 18.2 Å². The molecular weight excluding hydrogens is 196 g/mol. The van der Waals surface area contributed by atoms with E-state index in [1.54, 1.807) is 12.1 Å². The van der Waals surface area contributed by atoms with Crippen LogP contribution >= 0.6 is 0 Å². The van der Waals surface area contributed by atoms with Gasteiger partial charge in [0.15, 0.2) is 11.3 Å². The SMILES string of the molecule is COC(=O)c1noc2cccc(CN)c12. The average Bonchev–Trinajstić information content (AvgIpc) is 2.71. The van der Waals surface area contributed by atoms with Crippen LogP contribution in [0.2, 0.25) is 0 Å². The minimum atomic E-state index is -0.519. The second-order valence-electron chi connectivity index (χ2n) is 3.02. The number of aromatic nitrogens is 1. The van der Waals surface area contributed by atoms with Gasteiger partial charge in [0.05, 0.1) is 12.5 Å². The fourth-order valence-corrected chi connectivity index (χ4v) is 1.47. The van der Waals surface area contributed by atoms with E-state index in [9.17, 15) is 4.79 Å². The molecule has 0 fully saturated rings. The van der Waals surface area contributed by atoms with Crippen molar-refractivity contribution in [3.05, 3.63) is 29.5 Å². The molecule has 5 heteroatoms. The van der Waals surface area contributed by atoms with Crippen molar-refractivity contribution in [1.82, 2.24) is 5.16 Å². The van der Waals surface area contributed by atoms with Crippen molar-refractivity contribution in [2.75, 3.05) is 7.11 Å². The topological polar surface area (TPSA) is 78.3 Å². The normalized spacial score (nSPS) is 10.5. The molecule has 5 nitrogen and oxygen atoms in total. The predicted molar refractivity (Wildman–Crippen MR) is 53.2 cm³/mol. The Balaban J connectivity index is 2.71. The molecule has 0 unspecified atom stereocenters. The Morgan fingerprint density at radius 1 is 1.60 bits per heavy atom. The summed E-state index contributed by atoms with van der Waals surface area (Å²) in [6.07, 6.45) is 0. The van der Waals surface area contributed by atoms with Crippen molar-refractivity contribution in [2.45, 2.75) is 6.54 Å². The molecule has 78 valence electrons. The zero-order chi connectivity index (χ0) is 10.8. The molecule has 0 spiro atoms. The molecule has 0 aliphatic rings. The molecule has 0 aliphatic heterocycles. The van der Waals surface area contributed by atoms with Crippen LogP contribution in [0.15, 0.2) is 22.7 Å². The van der Waals surface area contributed by atoms with Gasteiger partial charge in [-0.15, -0.1) is 0 Å². The van der Waals surface area contributed by atoms with Crippen LogP contribution in [0.25, 0.3) is 11.0 Å². The average molecular weight is 206 g/mol. The van der Waals surface area contributed by atoms with Crippen LogP contribution in [0.4, 0.5) is 0 Å². The first-order chi connectivity index (χ1) is 7.27. The first-order valence-electron chi connectivity index (χ1n) is 4.43. The molecule has 0 saturated heterocycles. The van der Waals surface area contributed by atoms with Crippen molar-refractivity contribution in [2.24, 2.45) is 5.73 Å². The van der Waals surface area contributed by atoms with Crippen molar-refractivity contribution < 1.29 is 14.1 Å². The van der Waals surface area contributed by atoms with Crippen LogP contribution in [0.3, 0.4) is 0 Å². The summed E-state index contributed by atoms with van der Waals surface area (Å²) in [6, 6.07) is 5.36. The summed E-state index contributed by atoms with van der Waals surface area (Å²) in [4.78, 5) is 11.4. The lowest BCUT2D eigenvalue weighted by molar-refractivity contribution is 0.0591. The number of benzene rings is 1. The molecular formula is C10H10N2O3. The van der Waals surface area contributed by atoms with E-state index in [-0.39, 0.29) is 5.69 Å². The number of fused-ring (bicyclic) bond motifs is 1. The number of esters is 1. The third kappa shape index (κ3) is 1.46. The predicted octanol–water partition coefficient (Wildman–Crippen LogP) is 1.07. The third-order valence-corrected chi connectivity index (χ3v) is 2.18. The maximum Gasteiger partial charge on any atom is 0.360 e. The molecule has 0 aliphatic carbocycles. The summed E-state index contributed by atoms with van der Waals surface area (Å²) in [5, 5.41) is 4.30. The van der Waals surface area contributed by atoms with Crippen LogP contribution in [-0.2, 0) is 11.3 Å². The van der Waals surface area contributed by atoms with Gasteiger partial charge in [0.2, 0.25) is 0 Å². The van der Waals surface area contributed by atoms with Gasteiger partial charge in [-0.3, -0.25) is 0 Å². The standard InChI is InChI=1S/C10H10N2O3/c1-14-10(13)9-8-6(5-11)3-2-4-7(8)15-12-9/h2-4H,5,11H2,1H3. The number of rotatable bonds is 2. The smallest absolute Gasteiger partial charge is 0.360 e. The van der Waals surface area contributed by atoms with E-state index >= 15 is 0 Å². The summed E-state index contributed by atoms with van der Waals surface area (Å²) in [5.41, 5.74) is 7.09. The van der Waals surface area contributed by atoms with E-state index in [0.717, 1.165) is 5.56 Å². The van der Waals surface area contributed by atoms with Gasteiger partial charge in [0.1, 0.15) is 0 Å². The Morgan fingerprint density at radius 2 is 2.40 bits per heavy atom. The molecule has 1 aromatic carbocycles.